The van der Waals surface area contributed by atoms with E-state index in [2.05, 4.69) is 5.32 Å². The Morgan fingerprint density at radius 1 is 0.872 bits per heavy atom. The van der Waals surface area contributed by atoms with Crippen LogP contribution in [0.25, 0.3) is 0 Å². The fourth-order valence-electron chi connectivity index (χ4n) is 4.20. The number of rotatable bonds is 13. The zero-order chi connectivity index (χ0) is 28.6. The Morgan fingerprint density at radius 3 is 2.08 bits per heavy atom. The van der Waals surface area contributed by atoms with E-state index in [9.17, 15) is 13.2 Å². The van der Waals surface area contributed by atoms with Gasteiger partial charge in [-0.3, -0.25) is 9.10 Å². The maximum absolute atomic E-state index is 13.9. The summed E-state index contributed by atoms with van der Waals surface area (Å²) in [7, 11) is 0.329. The van der Waals surface area contributed by atoms with Crippen molar-refractivity contribution in [2.24, 2.45) is 0 Å². The number of hydrogen-bond donors (Lipinski definition) is 1. The molecule has 3 rings (SSSR count). The van der Waals surface area contributed by atoms with Gasteiger partial charge in [0.2, 0.25) is 5.91 Å². The number of aryl methyl sites for hydroxylation is 1. The second kappa shape index (κ2) is 13.2. The number of carbonyl (C=O) groups excluding carboxylic acids is 1. The third-order valence-corrected chi connectivity index (χ3v) is 8.00. The summed E-state index contributed by atoms with van der Waals surface area (Å²) in [5, 5.41) is 2.99. The molecule has 9 nitrogen and oxygen atoms in total. The Bertz CT molecular complexity index is 1370. The molecule has 0 fully saturated rings. The van der Waals surface area contributed by atoms with E-state index in [0.717, 1.165) is 21.2 Å². The van der Waals surface area contributed by atoms with Crippen LogP contribution in [0.5, 0.6) is 23.0 Å². The fourth-order valence-corrected chi connectivity index (χ4v) is 5.64. The van der Waals surface area contributed by atoms with Crippen LogP contribution in [-0.2, 0) is 14.8 Å². The quantitative estimate of drug-likeness (QED) is 0.320. The van der Waals surface area contributed by atoms with Crippen LogP contribution in [0.15, 0.2) is 65.6 Å². The minimum Gasteiger partial charge on any atom is -0.496 e. The molecule has 1 atom stereocenters. The molecule has 0 heterocycles. The van der Waals surface area contributed by atoms with E-state index in [1.165, 1.54) is 32.4 Å². The highest BCUT2D eigenvalue weighted by Crippen LogP contribution is 2.33. The van der Waals surface area contributed by atoms with Gasteiger partial charge >= 0.3 is 0 Å². The summed E-state index contributed by atoms with van der Waals surface area (Å²) in [6.07, 6.45) is 0.614. The monoisotopic (exact) mass is 556 g/mol. The highest BCUT2D eigenvalue weighted by atomic mass is 32.2. The number of methoxy groups -OCH3 is 3. The first-order valence-electron chi connectivity index (χ1n) is 12.6. The van der Waals surface area contributed by atoms with Gasteiger partial charge in [-0.05, 0) is 73.9 Å². The lowest BCUT2D eigenvalue weighted by Gasteiger charge is -2.26. The third-order valence-electron chi connectivity index (χ3n) is 6.23. The van der Waals surface area contributed by atoms with Crippen molar-refractivity contribution in [3.05, 3.63) is 71.8 Å². The number of carbonyl (C=O) groups is 1. The highest BCUT2D eigenvalue weighted by molar-refractivity contribution is 7.92. The first kappa shape index (κ1) is 29.6. The average Bonchev–Trinajstić information content (AvgIpc) is 2.94. The molecule has 3 aromatic carbocycles. The van der Waals surface area contributed by atoms with Crippen LogP contribution in [0.1, 0.15) is 37.4 Å². The molecule has 0 bridgehead atoms. The molecule has 0 radical (unpaired) electrons. The summed E-state index contributed by atoms with van der Waals surface area (Å²) in [4.78, 5) is 13.3. The lowest BCUT2D eigenvalue weighted by Crippen LogP contribution is -2.42. The summed E-state index contributed by atoms with van der Waals surface area (Å²) in [6, 6.07) is 16.3. The molecule has 39 heavy (non-hydrogen) atoms. The van der Waals surface area contributed by atoms with Crippen LogP contribution in [-0.4, -0.2) is 48.8 Å². The van der Waals surface area contributed by atoms with E-state index >= 15 is 0 Å². The Balaban J connectivity index is 1.96. The largest absolute Gasteiger partial charge is 0.496 e. The summed E-state index contributed by atoms with van der Waals surface area (Å²) in [5.74, 6) is 1.55. The summed E-state index contributed by atoms with van der Waals surface area (Å²) in [5.41, 5.74) is 2.16. The molecule has 0 unspecified atom stereocenters. The predicted molar refractivity (Wildman–Crippen MR) is 151 cm³/mol. The van der Waals surface area contributed by atoms with Gasteiger partial charge in [-0.2, -0.15) is 0 Å². The minimum absolute atomic E-state index is 0.0420. The highest BCUT2D eigenvalue weighted by Gasteiger charge is 2.29. The zero-order valence-corrected chi connectivity index (χ0v) is 24.0. The predicted octanol–water partition coefficient (Wildman–Crippen LogP) is 4.88. The molecular formula is C29H36N2O7S. The molecular weight excluding hydrogens is 520 g/mol. The molecule has 0 aromatic heterocycles. The number of nitrogens with zero attached hydrogens (tertiary/aromatic N) is 1. The number of nitrogens with one attached hydrogen (secondary N) is 1. The lowest BCUT2D eigenvalue weighted by atomic mass is 10.0. The van der Waals surface area contributed by atoms with Gasteiger partial charge in [0, 0.05) is 6.07 Å². The summed E-state index contributed by atoms with van der Waals surface area (Å²) in [6.45, 7) is 5.78. The molecule has 10 heteroatoms. The van der Waals surface area contributed by atoms with Gasteiger partial charge < -0.3 is 24.3 Å². The van der Waals surface area contributed by atoms with Crippen molar-refractivity contribution in [3.63, 3.8) is 0 Å². The van der Waals surface area contributed by atoms with E-state index in [1.54, 1.807) is 31.4 Å². The van der Waals surface area contributed by atoms with Crippen LogP contribution in [0.2, 0.25) is 0 Å². The molecule has 0 spiro atoms. The van der Waals surface area contributed by atoms with Crippen molar-refractivity contribution >= 4 is 21.6 Å². The molecule has 0 saturated carbocycles. The molecule has 3 aromatic rings. The fraction of sp³-hybridized carbons (Fsp3) is 0.345. The minimum atomic E-state index is -4.18. The molecule has 210 valence electrons. The summed E-state index contributed by atoms with van der Waals surface area (Å²) < 4.78 is 50.3. The SMILES string of the molecule is CCOc1ccc(N(CC(=O)N[C@H](CC)c2ccc(OC)c(C)c2)S(=O)(=O)c2ccc(OC)c(OC)c2)cc1. The number of anilines is 1. The Morgan fingerprint density at radius 2 is 1.51 bits per heavy atom. The number of ether oxygens (including phenoxy) is 4. The Hall–Kier alpha value is -3.92. The van der Waals surface area contributed by atoms with Crippen molar-refractivity contribution in [2.45, 2.75) is 38.1 Å². The normalized spacial score (nSPS) is 11.8. The first-order chi connectivity index (χ1) is 18.7. The van der Waals surface area contributed by atoms with Gasteiger partial charge in [0.25, 0.3) is 10.0 Å². The average molecular weight is 557 g/mol. The van der Waals surface area contributed by atoms with Crippen LogP contribution >= 0.6 is 0 Å². The standard InChI is InChI=1S/C29H36N2O7S/c1-7-25(21-9-15-26(35-4)20(3)17-21)30-29(32)19-31(22-10-12-23(13-11-22)38-8-2)39(33,34)24-14-16-27(36-5)28(18-24)37-6/h9-18,25H,7-8,19H2,1-6H3,(H,30,32)/t25-/m1/s1. The van der Waals surface area contributed by atoms with Crippen molar-refractivity contribution in [1.29, 1.82) is 0 Å². The number of hydrogen-bond acceptors (Lipinski definition) is 7. The van der Waals surface area contributed by atoms with Gasteiger partial charge in [-0.15, -0.1) is 0 Å². The molecule has 0 saturated heterocycles. The topological polar surface area (TPSA) is 103 Å². The van der Waals surface area contributed by atoms with E-state index < -0.39 is 22.5 Å². The number of amides is 1. The van der Waals surface area contributed by atoms with Crippen molar-refractivity contribution in [1.82, 2.24) is 5.32 Å². The van der Waals surface area contributed by atoms with E-state index in [-0.39, 0.29) is 16.7 Å². The van der Waals surface area contributed by atoms with Crippen LogP contribution in [0.3, 0.4) is 0 Å². The van der Waals surface area contributed by atoms with Crippen LogP contribution in [0.4, 0.5) is 5.69 Å². The zero-order valence-electron chi connectivity index (χ0n) is 23.2. The maximum atomic E-state index is 13.9. The third kappa shape index (κ3) is 6.94. The van der Waals surface area contributed by atoms with E-state index in [0.29, 0.717) is 30.2 Å². The van der Waals surface area contributed by atoms with Crippen molar-refractivity contribution < 1.29 is 32.2 Å². The van der Waals surface area contributed by atoms with Crippen LogP contribution in [0, 0.1) is 6.92 Å². The van der Waals surface area contributed by atoms with Gasteiger partial charge in [0.15, 0.2) is 11.5 Å². The number of benzene rings is 3. The molecule has 0 aliphatic rings. The van der Waals surface area contributed by atoms with E-state index in [1.807, 2.05) is 39.0 Å². The Labute approximate surface area is 230 Å². The second-order valence-electron chi connectivity index (χ2n) is 8.71. The van der Waals surface area contributed by atoms with E-state index in [4.69, 9.17) is 18.9 Å². The number of sulfonamides is 1. The van der Waals surface area contributed by atoms with Gasteiger partial charge in [-0.1, -0.05) is 19.1 Å². The van der Waals surface area contributed by atoms with Crippen LogP contribution < -0.4 is 28.6 Å². The Kier molecular flexibility index (Phi) is 10.1. The first-order valence-corrected chi connectivity index (χ1v) is 14.0. The smallest absolute Gasteiger partial charge is 0.264 e. The van der Waals surface area contributed by atoms with Crippen molar-refractivity contribution in [3.8, 4) is 23.0 Å². The molecule has 1 N–H and O–H groups in total. The van der Waals surface area contributed by atoms with Gasteiger partial charge in [0.05, 0.1) is 44.6 Å². The van der Waals surface area contributed by atoms with Gasteiger partial charge in [0.1, 0.15) is 18.0 Å². The molecule has 1 amide bonds. The van der Waals surface area contributed by atoms with Gasteiger partial charge in [-0.25, -0.2) is 8.42 Å². The molecule has 0 aliphatic carbocycles. The second-order valence-corrected chi connectivity index (χ2v) is 10.6. The summed E-state index contributed by atoms with van der Waals surface area (Å²) >= 11 is 0. The lowest BCUT2D eigenvalue weighted by molar-refractivity contribution is -0.120. The van der Waals surface area contributed by atoms with Crippen molar-refractivity contribution in [2.75, 3.05) is 38.8 Å². The molecule has 0 aliphatic heterocycles. The maximum Gasteiger partial charge on any atom is 0.264 e.